The molecule has 1 saturated heterocycles. The summed E-state index contributed by atoms with van der Waals surface area (Å²) in [6.45, 7) is 6.92. The minimum absolute atomic E-state index is 0.0247. The summed E-state index contributed by atoms with van der Waals surface area (Å²) in [5, 5.41) is 6.75. The van der Waals surface area contributed by atoms with Gasteiger partial charge in [0.1, 0.15) is 24.5 Å². The van der Waals surface area contributed by atoms with Crippen LogP contribution in [0.1, 0.15) is 45.2 Å². The van der Waals surface area contributed by atoms with E-state index in [9.17, 15) is 24.0 Å². The lowest BCUT2D eigenvalue weighted by Gasteiger charge is -2.43. The van der Waals surface area contributed by atoms with E-state index < -0.39 is 67.0 Å². The molecule has 14 heteroatoms. The molecule has 0 aliphatic carbocycles. The smallest absolute Gasteiger partial charge is 0.303 e. The van der Waals surface area contributed by atoms with Gasteiger partial charge in [-0.15, -0.1) is 0 Å². The van der Waals surface area contributed by atoms with Crippen LogP contribution in [0.25, 0.3) is 0 Å². The number of hydrogen-bond donors (Lipinski definition) is 1. The molecule has 0 aromatic heterocycles. The van der Waals surface area contributed by atoms with Crippen molar-refractivity contribution in [1.82, 2.24) is 5.32 Å². The molecule has 0 bridgehead atoms. The molecule has 4 rings (SSSR count). The standard InChI is InChI=1S/C32H37N3O11/c1-18-11-6-9-14-25(18)41-16-10-15-35-24-13-8-7-12-23(24)27(31(35)40)34-46-32-28(33-19(2)36)30(44-22(5)39)29(43-21(4)38)26(45-32)17-42-20(3)37/h6-9,11-14,26,28-30,32H,10,15-17H2,1-5H3,(H,33,36)/t26-,28-,29-,30-,32+/m1/s1. The van der Waals surface area contributed by atoms with Crippen LogP contribution in [-0.4, -0.2) is 85.8 Å². The third kappa shape index (κ3) is 8.38. The average Bonchev–Trinajstić information content (AvgIpc) is 3.26. The Morgan fingerprint density at radius 2 is 1.59 bits per heavy atom. The Kier molecular flexibility index (Phi) is 11.3. The molecule has 5 atom stereocenters. The summed E-state index contributed by atoms with van der Waals surface area (Å²) in [6.07, 6.45) is -4.76. The molecule has 2 aromatic carbocycles. The van der Waals surface area contributed by atoms with Gasteiger partial charge in [-0.2, -0.15) is 0 Å². The van der Waals surface area contributed by atoms with Gasteiger partial charge in [0.25, 0.3) is 12.2 Å². The van der Waals surface area contributed by atoms with Crippen molar-refractivity contribution in [2.45, 2.75) is 71.7 Å². The molecule has 14 nitrogen and oxygen atoms in total. The van der Waals surface area contributed by atoms with Gasteiger partial charge in [-0.25, -0.2) is 0 Å². The van der Waals surface area contributed by atoms with Crippen LogP contribution in [0.4, 0.5) is 5.69 Å². The topological polar surface area (TPSA) is 168 Å². The highest BCUT2D eigenvalue weighted by molar-refractivity contribution is 6.54. The van der Waals surface area contributed by atoms with Gasteiger partial charge in [0, 0.05) is 39.8 Å². The number of hydrogen-bond acceptors (Lipinski definition) is 12. The number of nitrogens with one attached hydrogen (secondary N) is 1. The number of oxime groups is 1. The second-order valence-electron chi connectivity index (χ2n) is 10.7. The second-order valence-corrected chi connectivity index (χ2v) is 10.7. The normalized spacial score (nSPS) is 22.9. The SMILES string of the molecule is CC(=O)N[C@H]1[C@H](ON=C2C(=O)N(CCCOc3ccccc3C)c3ccccc32)O[C@H](COC(C)=O)[C@@H](OC(C)=O)[C@@H]1OC(C)=O. The minimum atomic E-state index is -1.47. The predicted molar refractivity (Wildman–Crippen MR) is 162 cm³/mol. The Labute approximate surface area is 265 Å². The highest BCUT2D eigenvalue weighted by Crippen LogP contribution is 2.32. The molecule has 0 spiro atoms. The Balaban J connectivity index is 1.58. The van der Waals surface area contributed by atoms with E-state index in [1.165, 1.54) is 13.8 Å². The number of carbonyl (C=O) groups is 5. The van der Waals surface area contributed by atoms with Crippen LogP contribution < -0.4 is 15.0 Å². The van der Waals surface area contributed by atoms with Gasteiger partial charge >= 0.3 is 17.9 Å². The lowest BCUT2D eigenvalue weighted by molar-refractivity contribution is -0.278. The van der Waals surface area contributed by atoms with Crippen LogP contribution in [0.2, 0.25) is 0 Å². The van der Waals surface area contributed by atoms with E-state index in [0.717, 1.165) is 25.2 Å². The van der Waals surface area contributed by atoms with E-state index in [4.69, 9.17) is 28.5 Å². The molecule has 0 saturated carbocycles. The first kappa shape index (κ1) is 33.9. The zero-order valence-corrected chi connectivity index (χ0v) is 26.2. The molecule has 2 amide bonds. The number of amides is 2. The fourth-order valence-corrected chi connectivity index (χ4v) is 5.18. The zero-order chi connectivity index (χ0) is 33.4. The van der Waals surface area contributed by atoms with E-state index in [0.29, 0.717) is 30.8 Å². The van der Waals surface area contributed by atoms with Crippen LogP contribution in [0, 0.1) is 6.92 Å². The summed E-state index contributed by atoms with van der Waals surface area (Å²) in [6, 6.07) is 13.4. The monoisotopic (exact) mass is 639 g/mol. The first-order chi connectivity index (χ1) is 22.0. The number of esters is 3. The molecule has 46 heavy (non-hydrogen) atoms. The number of para-hydroxylation sites is 2. The third-order valence-corrected chi connectivity index (χ3v) is 7.09. The number of fused-ring (bicyclic) bond motifs is 1. The molecule has 1 N–H and O–H groups in total. The molecule has 2 aliphatic rings. The van der Waals surface area contributed by atoms with Gasteiger partial charge in [-0.1, -0.05) is 41.6 Å². The second kappa shape index (κ2) is 15.3. The molecule has 0 unspecified atom stereocenters. The van der Waals surface area contributed by atoms with Crippen molar-refractivity contribution in [1.29, 1.82) is 0 Å². The lowest BCUT2D eigenvalue weighted by atomic mass is 9.96. The van der Waals surface area contributed by atoms with Gasteiger partial charge in [-0.3, -0.25) is 24.0 Å². The van der Waals surface area contributed by atoms with Crippen LogP contribution in [0.5, 0.6) is 5.75 Å². The highest BCUT2D eigenvalue weighted by atomic mass is 16.8. The van der Waals surface area contributed by atoms with Crippen molar-refractivity contribution in [2.75, 3.05) is 24.7 Å². The maximum Gasteiger partial charge on any atom is 0.303 e. The van der Waals surface area contributed by atoms with Gasteiger partial charge in [0.15, 0.2) is 17.9 Å². The van der Waals surface area contributed by atoms with E-state index >= 15 is 0 Å². The summed E-state index contributed by atoms with van der Waals surface area (Å²) >= 11 is 0. The van der Waals surface area contributed by atoms with Crippen LogP contribution in [0.3, 0.4) is 0 Å². The first-order valence-corrected chi connectivity index (χ1v) is 14.7. The minimum Gasteiger partial charge on any atom is -0.493 e. The summed E-state index contributed by atoms with van der Waals surface area (Å²) in [7, 11) is 0. The van der Waals surface area contributed by atoms with E-state index in [-0.39, 0.29) is 5.71 Å². The molecule has 1 fully saturated rings. The molecular formula is C32H37N3O11. The van der Waals surface area contributed by atoms with Crippen molar-refractivity contribution in [2.24, 2.45) is 5.16 Å². The van der Waals surface area contributed by atoms with Crippen molar-refractivity contribution < 1.29 is 52.5 Å². The molecular weight excluding hydrogens is 602 g/mol. The zero-order valence-electron chi connectivity index (χ0n) is 26.2. The molecule has 2 heterocycles. The number of benzene rings is 2. The lowest BCUT2D eigenvalue weighted by Crippen LogP contribution is -2.66. The van der Waals surface area contributed by atoms with Gasteiger partial charge in [0.05, 0.1) is 12.3 Å². The average molecular weight is 640 g/mol. The number of anilines is 1. The largest absolute Gasteiger partial charge is 0.493 e. The number of rotatable bonds is 12. The van der Waals surface area contributed by atoms with Crippen LogP contribution >= 0.6 is 0 Å². The highest BCUT2D eigenvalue weighted by Gasteiger charge is 2.52. The molecule has 2 aliphatic heterocycles. The van der Waals surface area contributed by atoms with Crippen molar-refractivity contribution in [3.63, 3.8) is 0 Å². The molecule has 0 radical (unpaired) electrons. The fraction of sp³-hybridized carbons (Fsp3) is 0.438. The Hall–Kier alpha value is -4.98. The first-order valence-electron chi connectivity index (χ1n) is 14.7. The molecule has 246 valence electrons. The summed E-state index contributed by atoms with van der Waals surface area (Å²) < 4.78 is 27.9. The maximum absolute atomic E-state index is 13.6. The summed E-state index contributed by atoms with van der Waals surface area (Å²) in [5.74, 6) is -2.35. The fourth-order valence-electron chi connectivity index (χ4n) is 5.18. The van der Waals surface area contributed by atoms with Gasteiger partial charge in [-0.05, 0) is 31.0 Å². The third-order valence-electron chi connectivity index (χ3n) is 7.09. The summed E-state index contributed by atoms with van der Waals surface area (Å²) in [5.41, 5.74) is 2.10. The van der Waals surface area contributed by atoms with Gasteiger partial charge < -0.3 is 38.7 Å². The number of carbonyl (C=O) groups excluding carboxylic acids is 5. The molecule has 2 aromatic rings. The Bertz CT molecular complexity index is 1490. The van der Waals surface area contributed by atoms with Gasteiger partial charge in [0.2, 0.25) is 5.91 Å². The van der Waals surface area contributed by atoms with E-state index in [2.05, 4.69) is 10.5 Å². The van der Waals surface area contributed by atoms with Crippen LogP contribution in [-0.2, 0) is 47.8 Å². The number of aryl methyl sites for hydroxylation is 1. The summed E-state index contributed by atoms with van der Waals surface area (Å²) in [4.78, 5) is 68.9. The van der Waals surface area contributed by atoms with Crippen molar-refractivity contribution in [3.05, 3.63) is 59.7 Å². The number of nitrogens with zero attached hydrogens (tertiary/aromatic N) is 2. The Morgan fingerprint density at radius 3 is 2.26 bits per heavy atom. The van der Waals surface area contributed by atoms with E-state index in [1.807, 2.05) is 31.2 Å². The van der Waals surface area contributed by atoms with Crippen molar-refractivity contribution >= 4 is 41.1 Å². The van der Waals surface area contributed by atoms with Crippen molar-refractivity contribution in [3.8, 4) is 5.75 Å². The van der Waals surface area contributed by atoms with Crippen LogP contribution in [0.15, 0.2) is 53.7 Å². The Morgan fingerprint density at radius 1 is 0.913 bits per heavy atom. The van der Waals surface area contributed by atoms with E-state index in [1.54, 1.807) is 29.2 Å². The quantitative estimate of drug-likeness (QED) is 0.156. The maximum atomic E-state index is 13.6. The predicted octanol–water partition coefficient (Wildman–Crippen LogP) is 2.19. The number of ether oxygens (including phenoxy) is 5.